The summed E-state index contributed by atoms with van der Waals surface area (Å²) in [7, 11) is 0. The average molecular weight is 477 g/mol. The van der Waals surface area contributed by atoms with Gasteiger partial charge in [-0.05, 0) is 75.8 Å². The minimum atomic E-state index is -0.268. The molecule has 0 saturated carbocycles. The van der Waals surface area contributed by atoms with Crippen LogP contribution < -0.4 is 4.74 Å². The molecule has 1 fully saturated rings. The number of carbonyl (C=O) groups excluding carboxylic acids is 2. The maximum atomic E-state index is 12.6. The second-order valence-electron chi connectivity index (χ2n) is 5.57. The van der Waals surface area contributed by atoms with Gasteiger partial charge in [0.05, 0.1) is 11.4 Å². The van der Waals surface area contributed by atoms with Crippen molar-refractivity contribution in [2.24, 2.45) is 0 Å². The van der Waals surface area contributed by atoms with Crippen LogP contribution in [-0.4, -0.2) is 22.7 Å². The molecule has 0 bridgehead atoms. The quantitative estimate of drug-likeness (QED) is 0.330. The molecule has 0 spiro atoms. The molecule has 1 aliphatic heterocycles. The molecule has 1 aliphatic rings. The van der Waals surface area contributed by atoms with Gasteiger partial charge in [-0.25, -0.2) is 0 Å². The lowest BCUT2D eigenvalue weighted by Crippen LogP contribution is -2.27. The number of ether oxygens (including phenoxy) is 1. The van der Waals surface area contributed by atoms with Crippen LogP contribution in [-0.2, 0) is 11.3 Å². The highest BCUT2D eigenvalue weighted by Crippen LogP contribution is 2.33. The molecule has 2 amide bonds. The Morgan fingerprint density at radius 3 is 2.65 bits per heavy atom. The van der Waals surface area contributed by atoms with Crippen LogP contribution in [0.15, 0.2) is 66.1 Å². The van der Waals surface area contributed by atoms with Gasteiger partial charge in [-0.3, -0.25) is 14.5 Å². The number of benzene rings is 2. The summed E-state index contributed by atoms with van der Waals surface area (Å²) in [4.78, 5) is 26.6. The van der Waals surface area contributed by atoms with E-state index in [4.69, 9.17) is 4.74 Å². The normalized spacial score (nSPS) is 15.6. The number of halogens is 1. The molecule has 4 nitrogen and oxygen atoms in total. The third-order valence-electron chi connectivity index (χ3n) is 3.65. The predicted octanol–water partition coefficient (Wildman–Crippen LogP) is 5.09. The van der Waals surface area contributed by atoms with Crippen molar-refractivity contribution >= 4 is 51.6 Å². The van der Waals surface area contributed by atoms with Crippen molar-refractivity contribution in [1.29, 1.82) is 0 Å². The summed E-state index contributed by atoms with van der Waals surface area (Å²) in [6.45, 7) is 4.31. The summed E-state index contributed by atoms with van der Waals surface area (Å²) in [5.74, 6) is 0.424. The van der Waals surface area contributed by atoms with Crippen LogP contribution in [0.4, 0.5) is 4.79 Å². The molecule has 3 rings (SSSR count). The largest absolute Gasteiger partial charge is 0.490 e. The van der Waals surface area contributed by atoms with E-state index in [0.29, 0.717) is 17.3 Å². The van der Waals surface area contributed by atoms with Crippen LogP contribution in [0.2, 0.25) is 0 Å². The molecule has 6 heteroatoms. The lowest BCUT2D eigenvalue weighted by Gasteiger charge is -2.12. The molecule has 0 N–H and O–H groups in total. The first-order valence-electron chi connectivity index (χ1n) is 7.90. The molecule has 1 saturated heterocycles. The number of thioether (sulfide) groups is 1. The molecule has 0 radical (unpaired) electrons. The Morgan fingerprint density at radius 1 is 1.15 bits per heavy atom. The minimum Gasteiger partial charge on any atom is -0.490 e. The SMILES string of the molecule is C=CCOc1cccc(/C=C2\SC(=O)N(Cc3ccc(I)cc3)C2=O)c1. The van der Waals surface area contributed by atoms with Crippen molar-refractivity contribution in [2.75, 3.05) is 6.61 Å². The third kappa shape index (κ3) is 4.56. The van der Waals surface area contributed by atoms with Crippen LogP contribution in [0.3, 0.4) is 0 Å². The van der Waals surface area contributed by atoms with Gasteiger partial charge in [-0.1, -0.05) is 36.9 Å². The smallest absolute Gasteiger partial charge is 0.293 e. The fraction of sp³-hybridized carbons (Fsp3) is 0.100. The highest BCUT2D eigenvalue weighted by molar-refractivity contribution is 14.1. The Hall–Kier alpha value is -2.06. The Balaban J connectivity index is 1.76. The Morgan fingerprint density at radius 2 is 1.92 bits per heavy atom. The van der Waals surface area contributed by atoms with Gasteiger partial charge in [0.15, 0.2) is 0 Å². The van der Waals surface area contributed by atoms with Crippen molar-refractivity contribution in [2.45, 2.75) is 6.54 Å². The van der Waals surface area contributed by atoms with Crippen molar-refractivity contribution in [1.82, 2.24) is 4.90 Å². The summed E-state index contributed by atoms with van der Waals surface area (Å²) < 4.78 is 6.61. The van der Waals surface area contributed by atoms with E-state index in [-0.39, 0.29) is 17.7 Å². The maximum absolute atomic E-state index is 12.6. The second-order valence-corrected chi connectivity index (χ2v) is 7.81. The van der Waals surface area contributed by atoms with Gasteiger partial charge in [0.2, 0.25) is 0 Å². The Kier molecular flexibility index (Phi) is 6.16. The Bertz CT molecular complexity index is 877. The van der Waals surface area contributed by atoms with Crippen LogP contribution >= 0.6 is 34.4 Å². The van der Waals surface area contributed by atoms with Gasteiger partial charge in [0, 0.05) is 3.57 Å². The zero-order valence-electron chi connectivity index (χ0n) is 13.9. The highest BCUT2D eigenvalue weighted by Gasteiger charge is 2.34. The topological polar surface area (TPSA) is 46.6 Å². The maximum Gasteiger partial charge on any atom is 0.293 e. The first-order valence-corrected chi connectivity index (χ1v) is 9.80. The number of rotatable bonds is 6. The zero-order chi connectivity index (χ0) is 18.5. The molecular weight excluding hydrogens is 461 g/mol. The fourth-order valence-electron chi connectivity index (χ4n) is 2.41. The minimum absolute atomic E-state index is 0.251. The number of amides is 2. The first kappa shape index (κ1) is 18.7. The van der Waals surface area contributed by atoms with E-state index < -0.39 is 0 Å². The van der Waals surface area contributed by atoms with E-state index in [2.05, 4.69) is 29.2 Å². The number of carbonyl (C=O) groups is 2. The van der Waals surface area contributed by atoms with Crippen LogP contribution in [0.5, 0.6) is 5.75 Å². The number of hydrogen-bond acceptors (Lipinski definition) is 4. The lowest BCUT2D eigenvalue weighted by molar-refractivity contribution is -0.123. The van der Waals surface area contributed by atoms with Crippen molar-refractivity contribution < 1.29 is 14.3 Å². The van der Waals surface area contributed by atoms with Gasteiger partial charge in [0.25, 0.3) is 11.1 Å². The molecule has 2 aromatic carbocycles. The van der Waals surface area contributed by atoms with Crippen LogP contribution in [0.25, 0.3) is 6.08 Å². The molecule has 2 aromatic rings. The summed E-state index contributed by atoms with van der Waals surface area (Å²) >= 11 is 3.18. The van der Waals surface area contributed by atoms with Crippen LogP contribution in [0.1, 0.15) is 11.1 Å². The van der Waals surface area contributed by atoms with E-state index >= 15 is 0 Å². The van der Waals surface area contributed by atoms with Gasteiger partial charge >= 0.3 is 0 Å². The lowest BCUT2D eigenvalue weighted by atomic mass is 10.2. The predicted molar refractivity (Wildman–Crippen MR) is 113 cm³/mol. The molecule has 1 heterocycles. The highest BCUT2D eigenvalue weighted by atomic mass is 127. The second kappa shape index (κ2) is 8.55. The van der Waals surface area contributed by atoms with E-state index in [9.17, 15) is 9.59 Å². The molecule has 0 aliphatic carbocycles. The van der Waals surface area contributed by atoms with Gasteiger partial charge < -0.3 is 4.74 Å². The average Bonchev–Trinajstić information content (AvgIpc) is 2.89. The molecule has 0 atom stereocenters. The van der Waals surface area contributed by atoms with Gasteiger partial charge in [0.1, 0.15) is 12.4 Å². The molecule has 26 heavy (non-hydrogen) atoms. The fourth-order valence-corrected chi connectivity index (χ4v) is 3.61. The summed E-state index contributed by atoms with van der Waals surface area (Å²) in [5, 5.41) is -0.251. The monoisotopic (exact) mass is 477 g/mol. The van der Waals surface area contributed by atoms with E-state index in [1.165, 1.54) is 4.90 Å². The number of hydrogen-bond donors (Lipinski definition) is 0. The summed E-state index contributed by atoms with van der Waals surface area (Å²) in [6, 6.07) is 15.2. The third-order valence-corrected chi connectivity index (χ3v) is 5.28. The Labute approximate surface area is 170 Å². The molecular formula is C20H16INO3S. The number of nitrogens with zero attached hydrogens (tertiary/aromatic N) is 1. The van der Waals surface area contributed by atoms with Crippen molar-refractivity contribution in [3.63, 3.8) is 0 Å². The molecule has 0 unspecified atom stereocenters. The van der Waals surface area contributed by atoms with E-state index in [1.54, 1.807) is 12.2 Å². The summed E-state index contributed by atoms with van der Waals surface area (Å²) in [5.41, 5.74) is 1.74. The van der Waals surface area contributed by atoms with E-state index in [1.807, 2.05) is 48.5 Å². The van der Waals surface area contributed by atoms with Crippen molar-refractivity contribution in [3.05, 3.63) is 80.8 Å². The zero-order valence-corrected chi connectivity index (χ0v) is 16.8. The van der Waals surface area contributed by atoms with Crippen molar-refractivity contribution in [3.8, 4) is 5.75 Å². The van der Waals surface area contributed by atoms with E-state index in [0.717, 1.165) is 26.5 Å². The van der Waals surface area contributed by atoms with Crippen LogP contribution in [0, 0.1) is 3.57 Å². The van der Waals surface area contributed by atoms with Gasteiger partial charge in [-0.15, -0.1) is 0 Å². The molecule has 132 valence electrons. The first-order chi connectivity index (χ1) is 12.6. The number of imide groups is 1. The summed E-state index contributed by atoms with van der Waals surface area (Å²) in [6.07, 6.45) is 3.39. The molecule has 0 aromatic heterocycles. The van der Waals surface area contributed by atoms with Gasteiger partial charge in [-0.2, -0.15) is 0 Å². The standard InChI is InChI=1S/C20H16INO3S/c1-2-10-25-17-5-3-4-15(11-17)12-18-19(23)22(20(24)26-18)13-14-6-8-16(21)9-7-14/h2-9,11-12H,1,10,13H2/b18-12-.